The molecule has 2 unspecified atom stereocenters. The predicted octanol–water partition coefficient (Wildman–Crippen LogP) is 0.868. The summed E-state index contributed by atoms with van der Waals surface area (Å²) >= 11 is 0. The van der Waals surface area contributed by atoms with Gasteiger partial charge < -0.3 is 15.0 Å². The van der Waals surface area contributed by atoms with E-state index in [4.69, 9.17) is 4.74 Å². The van der Waals surface area contributed by atoms with Crippen LogP contribution in [0.2, 0.25) is 0 Å². The van der Waals surface area contributed by atoms with Gasteiger partial charge in [-0.05, 0) is 27.4 Å². The first-order chi connectivity index (χ1) is 7.06. The molecular weight excluding hydrogens is 192 g/mol. The molecule has 0 heterocycles. The third-order valence-corrected chi connectivity index (χ3v) is 2.76. The molecule has 1 N–H and O–H groups in total. The fourth-order valence-corrected chi connectivity index (χ4v) is 1.53. The topological polar surface area (TPSA) is 41.6 Å². The average Bonchev–Trinajstić information content (AvgIpc) is 2.24. The summed E-state index contributed by atoms with van der Waals surface area (Å²) in [5, 5.41) is 2.96. The number of nitrogens with zero attached hydrogens (tertiary/aromatic N) is 1. The summed E-state index contributed by atoms with van der Waals surface area (Å²) in [6.45, 7) is 5.03. The zero-order valence-corrected chi connectivity index (χ0v) is 10.5. The summed E-state index contributed by atoms with van der Waals surface area (Å²) in [5.74, 6) is -0.201. The van der Waals surface area contributed by atoms with E-state index in [1.165, 1.54) is 7.11 Å². The van der Waals surface area contributed by atoms with Crippen LogP contribution in [0.4, 0.5) is 0 Å². The Morgan fingerprint density at radius 1 is 1.53 bits per heavy atom. The molecule has 2 atom stereocenters. The highest BCUT2D eigenvalue weighted by Gasteiger charge is 2.20. The van der Waals surface area contributed by atoms with Gasteiger partial charge in [0.05, 0.1) is 7.11 Å². The van der Waals surface area contributed by atoms with E-state index in [1.807, 2.05) is 7.05 Å². The van der Waals surface area contributed by atoms with Crippen LogP contribution in [0.1, 0.15) is 26.7 Å². The number of nitrogens with one attached hydrogen (secondary N) is 1. The Kier molecular flexibility index (Phi) is 7.34. The Balaban J connectivity index is 4.11. The first-order valence-corrected chi connectivity index (χ1v) is 5.52. The maximum absolute atomic E-state index is 11.3. The molecule has 0 saturated heterocycles. The predicted molar refractivity (Wildman–Crippen MR) is 61.9 cm³/mol. The van der Waals surface area contributed by atoms with E-state index in [0.717, 1.165) is 12.8 Å². The van der Waals surface area contributed by atoms with Gasteiger partial charge in [-0.1, -0.05) is 13.3 Å². The van der Waals surface area contributed by atoms with Crippen molar-refractivity contribution in [2.24, 2.45) is 0 Å². The van der Waals surface area contributed by atoms with Crippen molar-refractivity contribution in [3.8, 4) is 0 Å². The Morgan fingerprint density at radius 3 is 2.53 bits per heavy atom. The Hall–Kier alpha value is -0.610. The quantitative estimate of drug-likeness (QED) is 0.641. The molecule has 0 aliphatic rings. The number of likely N-dealkylation sites (N-methyl/N-ethyl adjacent to an activating group) is 2. The van der Waals surface area contributed by atoms with Crippen LogP contribution < -0.4 is 5.32 Å². The second kappa shape index (κ2) is 7.65. The zero-order valence-electron chi connectivity index (χ0n) is 10.5. The second-order valence-corrected chi connectivity index (χ2v) is 3.94. The van der Waals surface area contributed by atoms with Gasteiger partial charge in [0.15, 0.2) is 0 Å². The molecule has 0 aliphatic carbocycles. The normalized spacial score (nSPS) is 15.1. The minimum atomic E-state index is -0.237. The number of hydrogen-bond acceptors (Lipinski definition) is 4. The van der Waals surface area contributed by atoms with E-state index in [9.17, 15) is 4.79 Å². The van der Waals surface area contributed by atoms with Gasteiger partial charge in [0.2, 0.25) is 0 Å². The summed E-state index contributed by atoms with van der Waals surface area (Å²) in [6, 6.07) is 0.259. The van der Waals surface area contributed by atoms with E-state index >= 15 is 0 Å². The molecule has 0 bridgehead atoms. The number of carbonyl (C=O) groups is 1. The Bertz CT molecular complexity index is 185. The van der Waals surface area contributed by atoms with Crippen molar-refractivity contribution in [2.45, 2.75) is 38.8 Å². The number of methoxy groups -OCH3 is 1. The minimum Gasteiger partial charge on any atom is -0.468 e. The van der Waals surface area contributed by atoms with E-state index in [0.29, 0.717) is 12.6 Å². The lowest BCUT2D eigenvalue weighted by Crippen LogP contribution is -2.46. The van der Waals surface area contributed by atoms with Gasteiger partial charge in [-0.25, -0.2) is 0 Å². The Labute approximate surface area is 93.0 Å². The minimum absolute atomic E-state index is 0.201. The molecule has 0 aromatic heterocycles. The zero-order chi connectivity index (χ0) is 11.8. The van der Waals surface area contributed by atoms with E-state index in [2.05, 4.69) is 24.1 Å². The van der Waals surface area contributed by atoms with Gasteiger partial charge in [-0.3, -0.25) is 4.79 Å². The van der Waals surface area contributed by atoms with Crippen molar-refractivity contribution in [3.63, 3.8) is 0 Å². The van der Waals surface area contributed by atoms with Gasteiger partial charge >= 0.3 is 5.97 Å². The summed E-state index contributed by atoms with van der Waals surface area (Å²) in [7, 11) is 5.23. The lowest BCUT2D eigenvalue weighted by Gasteiger charge is -2.27. The summed E-state index contributed by atoms with van der Waals surface area (Å²) in [4.78, 5) is 13.5. The van der Waals surface area contributed by atoms with Gasteiger partial charge in [0, 0.05) is 12.6 Å². The molecule has 0 fully saturated rings. The SMILES string of the molecule is CCCC(C)N(C)CC(NC)C(=O)OC. The number of rotatable bonds is 7. The summed E-state index contributed by atoms with van der Waals surface area (Å²) < 4.78 is 4.72. The average molecular weight is 216 g/mol. The highest BCUT2D eigenvalue weighted by molar-refractivity contribution is 5.75. The molecule has 0 aromatic rings. The van der Waals surface area contributed by atoms with E-state index in [1.54, 1.807) is 7.05 Å². The Morgan fingerprint density at radius 2 is 2.13 bits per heavy atom. The van der Waals surface area contributed by atoms with Crippen LogP contribution in [0.5, 0.6) is 0 Å². The van der Waals surface area contributed by atoms with Gasteiger partial charge in [-0.2, -0.15) is 0 Å². The molecule has 0 saturated carbocycles. The monoisotopic (exact) mass is 216 g/mol. The van der Waals surface area contributed by atoms with Crippen LogP contribution in [0.15, 0.2) is 0 Å². The van der Waals surface area contributed by atoms with Crippen molar-refractivity contribution >= 4 is 5.97 Å². The smallest absolute Gasteiger partial charge is 0.324 e. The molecular formula is C11H24N2O2. The van der Waals surface area contributed by atoms with Crippen LogP contribution in [0.3, 0.4) is 0 Å². The molecule has 0 aliphatic heterocycles. The number of ether oxygens (including phenoxy) is 1. The van der Waals surface area contributed by atoms with Crippen LogP contribution in [-0.2, 0) is 9.53 Å². The fourth-order valence-electron chi connectivity index (χ4n) is 1.53. The fraction of sp³-hybridized carbons (Fsp3) is 0.909. The molecule has 0 rings (SSSR count). The highest BCUT2D eigenvalue weighted by Crippen LogP contribution is 2.05. The molecule has 0 aromatic carbocycles. The number of esters is 1. The van der Waals surface area contributed by atoms with Crippen molar-refractivity contribution in [2.75, 3.05) is 27.7 Å². The standard InChI is InChI=1S/C11H24N2O2/c1-6-7-9(2)13(4)8-10(12-3)11(14)15-5/h9-10,12H,6-8H2,1-5H3. The molecule has 0 spiro atoms. The molecule has 15 heavy (non-hydrogen) atoms. The van der Waals surface area contributed by atoms with E-state index < -0.39 is 0 Å². The molecule has 90 valence electrons. The van der Waals surface area contributed by atoms with Gasteiger partial charge in [-0.15, -0.1) is 0 Å². The van der Waals surface area contributed by atoms with Gasteiger partial charge in [0.1, 0.15) is 6.04 Å². The largest absolute Gasteiger partial charge is 0.468 e. The van der Waals surface area contributed by atoms with Crippen LogP contribution in [0.25, 0.3) is 0 Å². The molecule has 4 heteroatoms. The molecule has 0 radical (unpaired) electrons. The lowest BCUT2D eigenvalue weighted by atomic mass is 10.1. The van der Waals surface area contributed by atoms with Crippen LogP contribution in [-0.4, -0.2) is 50.7 Å². The number of hydrogen-bond donors (Lipinski definition) is 1. The van der Waals surface area contributed by atoms with Crippen molar-refractivity contribution in [3.05, 3.63) is 0 Å². The lowest BCUT2D eigenvalue weighted by molar-refractivity contribution is -0.143. The van der Waals surface area contributed by atoms with Gasteiger partial charge in [0.25, 0.3) is 0 Å². The maximum Gasteiger partial charge on any atom is 0.324 e. The summed E-state index contributed by atoms with van der Waals surface area (Å²) in [5.41, 5.74) is 0. The van der Waals surface area contributed by atoms with E-state index in [-0.39, 0.29) is 12.0 Å². The highest BCUT2D eigenvalue weighted by atomic mass is 16.5. The van der Waals surface area contributed by atoms with Crippen molar-refractivity contribution < 1.29 is 9.53 Å². The third-order valence-electron chi connectivity index (χ3n) is 2.76. The van der Waals surface area contributed by atoms with Crippen molar-refractivity contribution in [1.29, 1.82) is 0 Å². The molecule has 0 amide bonds. The van der Waals surface area contributed by atoms with Crippen LogP contribution in [0, 0.1) is 0 Å². The first-order valence-electron chi connectivity index (χ1n) is 5.52. The first kappa shape index (κ1) is 14.4. The van der Waals surface area contributed by atoms with Crippen LogP contribution >= 0.6 is 0 Å². The number of carbonyl (C=O) groups excluding carboxylic acids is 1. The molecule has 4 nitrogen and oxygen atoms in total. The third kappa shape index (κ3) is 5.14. The van der Waals surface area contributed by atoms with Crippen molar-refractivity contribution in [1.82, 2.24) is 10.2 Å². The maximum atomic E-state index is 11.3. The summed E-state index contributed by atoms with van der Waals surface area (Å²) in [6.07, 6.45) is 2.31. The second-order valence-electron chi connectivity index (χ2n) is 3.94.